The first-order valence-electron chi connectivity index (χ1n) is 7.70. The smallest absolute Gasteiger partial charge is 0.324 e. The summed E-state index contributed by atoms with van der Waals surface area (Å²) >= 11 is 1.03. The van der Waals surface area contributed by atoms with E-state index < -0.39 is 4.92 Å². The van der Waals surface area contributed by atoms with E-state index in [2.05, 4.69) is 10.2 Å². The van der Waals surface area contributed by atoms with Crippen LogP contribution in [-0.4, -0.2) is 23.9 Å². The molecule has 1 saturated heterocycles. The molecule has 1 fully saturated rings. The quantitative estimate of drug-likeness (QED) is 0.507. The molecule has 1 N–H and O–H groups in total. The molecule has 0 bridgehead atoms. The molecule has 0 spiro atoms. The molecule has 1 aliphatic rings. The number of amides is 1. The second-order valence-corrected chi connectivity index (χ2v) is 6.59. The van der Waals surface area contributed by atoms with Crippen LogP contribution in [0.2, 0.25) is 0 Å². The third-order valence-electron chi connectivity index (χ3n) is 3.80. The van der Waals surface area contributed by atoms with Gasteiger partial charge in [-0.1, -0.05) is 11.3 Å². The van der Waals surface area contributed by atoms with Gasteiger partial charge in [-0.15, -0.1) is 0 Å². The van der Waals surface area contributed by atoms with Crippen molar-refractivity contribution in [3.8, 4) is 0 Å². The minimum absolute atomic E-state index is 0.0626. The summed E-state index contributed by atoms with van der Waals surface area (Å²) in [5.41, 5.74) is 1.90. The van der Waals surface area contributed by atoms with Crippen molar-refractivity contribution in [3.63, 3.8) is 0 Å². The van der Waals surface area contributed by atoms with Crippen molar-refractivity contribution in [2.24, 2.45) is 0 Å². The van der Waals surface area contributed by atoms with Gasteiger partial charge in [0.05, 0.1) is 4.92 Å². The minimum atomic E-state index is -0.440. The number of anilines is 2. The lowest BCUT2D eigenvalue weighted by atomic mass is 10.2. The average molecular weight is 343 g/mol. The highest BCUT2D eigenvalue weighted by molar-refractivity contribution is 7.16. The lowest BCUT2D eigenvalue weighted by Crippen LogP contribution is -2.17. The topological polar surface area (TPSA) is 75.5 Å². The summed E-state index contributed by atoms with van der Waals surface area (Å²) in [6.45, 7) is 2.17. The Morgan fingerprint density at radius 2 is 1.88 bits per heavy atom. The number of hydrogen-bond acceptors (Lipinski definition) is 5. The SMILES string of the molecule is O=C(/C=C/c1ccc([N+](=O)[O-])s1)Nc1ccc(N2CCCC2)cc1. The van der Waals surface area contributed by atoms with Crippen molar-refractivity contribution in [1.82, 2.24) is 0 Å². The van der Waals surface area contributed by atoms with Crippen LogP contribution >= 0.6 is 11.3 Å². The fourth-order valence-electron chi connectivity index (χ4n) is 2.60. The van der Waals surface area contributed by atoms with Gasteiger partial charge >= 0.3 is 5.00 Å². The summed E-state index contributed by atoms with van der Waals surface area (Å²) in [6.07, 6.45) is 5.41. The highest BCUT2D eigenvalue weighted by Crippen LogP contribution is 2.25. The molecule has 2 aromatic rings. The number of hydrogen-bond donors (Lipinski definition) is 1. The van der Waals surface area contributed by atoms with Crippen molar-refractivity contribution >= 4 is 39.7 Å². The zero-order valence-corrected chi connectivity index (χ0v) is 13.8. The standard InChI is InChI=1S/C17H17N3O3S/c21-16(9-7-15-8-10-17(24-15)20(22)23)18-13-3-5-14(6-4-13)19-11-1-2-12-19/h3-10H,1-2,11-12H2,(H,18,21)/b9-7+. The van der Waals surface area contributed by atoms with E-state index in [9.17, 15) is 14.9 Å². The van der Waals surface area contributed by atoms with Gasteiger partial charge in [0, 0.05) is 41.5 Å². The third-order valence-corrected chi connectivity index (χ3v) is 4.80. The Hall–Kier alpha value is -2.67. The molecule has 0 aliphatic carbocycles. The fourth-order valence-corrected chi connectivity index (χ4v) is 3.33. The number of rotatable bonds is 5. The average Bonchev–Trinajstić information content (AvgIpc) is 3.25. The summed E-state index contributed by atoms with van der Waals surface area (Å²) in [7, 11) is 0. The number of nitrogens with zero attached hydrogens (tertiary/aromatic N) is 2. The Bertz CT molecular complexity index is 762. The first-order chi connectivity index (χ1) is 11.6. The van der Waals surface area contributed by atoms with E-state index in [4.69, 9.17) is 0 Å². The number of benzene rings is 1. The monoisotopic (exact) mass is 343 g/mol. The molecular weight excluding hydrogens is 326 g/mol. The molecule has 24 heavy (non-hydrogen) atoms. The first-order valence-corrected chi connectivity index (χ1v) is 8.52. The Balaban J connectivity index is 1.57. The van der Waals surface area contributed by atoms with Crippen LogP contribution < -0.4 is 10.2 Å². The van der Waals surface area contributed by atoms with Gasteiger partial charge in [0.1, 0.15) is 0 Å². The van der Waals surface area contributed by atoms with E-state index in [0.29, 0.717) is 4.88 Å². The number of carbonyl (C=O) groups is 1. The van der Waals surface area contributed by atoms with Gasteiger partial charge in [-0.3, -0.25) is 14.9 Å². The summed E-state index contributed by atoms with van der Waals surface area (Å²) < 4.78 is 0. The largest absolute Gasteiger partial charge is 0.372 e. The molecule has 2 heterocycles. The number of thiophene rings is 1. The molecule has 0 atom stereocenters. The second kappa shape index (κ2) is 7.27. The molecule has 1 aromatic heterocycles. The van der Waals surface area contributed by atoms with E-state index in [-0.39, 0.29) is 10.9 Å². The summed E-state index contributed by atoms with van der Waals surface area (Å²) in [5, 5.41) is 13.5. The van der Waals surface area contributed by atoms with E-state index >= 15 is 0 Å². The van der Waals surface area contributed by atoms with Gasteiger partial charge in [0.15, 0.2) is 0 Å². The Morgan fingerprint density at radius 3 is 2.50 bits per heavy atom. The third kappa shape index (κ3) is 3.99. The molecule has 0 radical (unpaired) electrons. The molecule has 1 aliphatic heterocycles. The van der Waals surface area contributed by atoms with Crippen LogP contribution in [0.25, 0.3) is 6.08 Å². The molecular formula is C17H17N3O3S. The highest BCUT2D eigenvalue weighted by atomic mass is 32.1. The lowest BCUT2D eigenvalue weighted by Gasteiger charge is -2.17. The van der Waals surface area contributed by atoms with Crippen molar-refractivity contribution in [3.05, 3.63) is 57.5 Å². The van der Waals surface area contributed by atoms with Gasteiger partial charge in [-0.05, 0) is 49.2 Å². The van der Waals surface area contributed by atoms with E-state index in [1.54, 1.807) is 12.1 Å². The van der Waals surface area contributed by atoms with Crippen LogP contribution in [-0.2, 0) is 4.79 Å². The van der Waals surface area contributed by atoms with Crippen LogP contribution in [0.15, 0.2) is 42.5 Å². The highest BCUT2D eigenvalue weighted by Gasteiger charge is 2.12. The summed E-state index contributed by atoms with van der Waals surface area (Å²) in [6, 6.07) is 10.8. The second-order valence-electron chi connectivity index (χ2n) is 5.50. The van der Waals surface area contributed by atoms with Gasteiger partial charge in [0.2, 0.25) is 5.91 Å². The number of nitro groups is 1. The fraction of sp³-hybridized carbons (Fsp3) is 0.235. The maximum atomic E-state index is 11.9. The molecule has 124 valence electrons. The molecule has 1 amide bonds. The number of carbonyl (C=O) groups excluding carboxylic acids is 1. The zero-order valence-electron chi connectivity index (χ0n) is 13.0. The number of nitrogens with one attached hydrogen (secondary N) is 1. The first kappa shape index (κ1) is 16.2. The zero-order chi connectivity index (χ0) is 16.9. The van der Waals surface area contributed by atoms with Gasteiger partial charge < -0.3 is 10.2 Å². The Morgan fingerprint density at radius 1 is 1.17 bits per heavy atom. The van der Waals surface area contributed by atoms with Crippen molar-refractivity contribution in [2.45, 2.75) is 12.8 Å². The van der Waals surface area contributed by atoms with Gasteiger partial charge in [-0.2, -0.15) is 0 Å². The van der Waals surface area contributed by atoms with E-state index in [0.717, 1.165) is 30.1 Å². The molecule has 7 heteroatoms. The van der Waals surface area contributed by atoms with E-state index in [1.807, 2.05) is 24.3 Å². The summed E-state index contributed by atoms with van der Waals surface area (Å²) in [5.74, 6) is -0.264. The maximum absolute atomic E-state index is 11.9. The predicted octanol–water partition coefficient (Wildman–Crippen LogP) is 3.91. The predicted molar refractivity (Wildman–Crippen MR) is 96.5 cm³/mol. The van der Waals surface area contributed by atoms with Crippen LogP contribution in [0.4, 0.5) is 16.4 Å². The Labute approximate surface area is 143 Å². The van der Waals surface area contributed by atoms with Crippen molar-refractivity contribution < 1.29 is 9.72 Å². The van der Waals surface area contributed by atoms with Gasteiger partial charge in [-0.25, -0.2) is 0 Å². The van der Waals surface area contributed by atoms with Crippen LogP contribution in [0, 0.1) is 10.1 Å². The molecule has 3 rings (SSSR count). The van der Waals surface area contributed by atoms with E-state index in [1.165, 1.54) is 30.7 Å². The van der Waals surface area contributed by atoms with Crippen LogP contribution in [0.1, 0.15) is 17.7 Å². The molecule has 0 saturated carbocycles. The maximum Gasteiger partial charge on any atom is 0.324 e. The summed E-state index contributed by atoms with van der Waals surface area (Å²) in [4.78, 5) is 25.1. The van der Waals surface area contributed by atoms with Crippen molar-refractivity contribution in [2.75, 3.05) is 23.3 Å². The molecule has 6 nitrogen and oxygen atoms in total. The Kier molecular flexibility index (Phi) is 4.90. The molecule has 1 aromatic carbocycles. The van der Waals surface area contributed by atoms with Crippen molar-refractivity contribution in [1.29, 1.82) is 0 Å². The van der Waals surface area contributed by atoms with Crippen LogP contribution in [0.5, 0.6) is 0 Å². The van der Waals surface area contributed by atoms with Gasteiger partial charge in [0.25, 0.3) is 0 Å². The lowest BCUT2D eigenvalue weighted by molar-refractivity contribution is -0.380. The van der Waals surface area contributed by atoms with Crippen LogP contribution in [0.3, 0.4) is 0 Å². The normalized spacial score (nSPS) is 14.2. The molecule has 0 unspecified atom stereocenters. The minimum Gasteiger partial charge on any atom is -0.372 e.